The number of benzene rings is 3. The number of sulfonamides is 1. The number of halogens is 5. The van der Waals surface area contributed by atoms with Crippen molar-refractivity contribution in [3.63, 3.8) is 0 Å². The maximum Gasteiger partial charge on any atom is 0.416 e. The first-order valence-corrected chi connectivity index (χ1v) is 15.3. The SMILES string of the molecule is CCCNC(=O)[C@@H](CC)N(Cc1ccccc1Cl)C(=O)CN(c1cc(C(F)(F)F)ccc1Cl)S(=O)(=O)c1ccccc1. The molecule has 0 unspecified atom stereocenters. The van der Waals surface area contributed by atoms with Crippen molar-refractivity contribution in [3.05, 3.63) is 94.0 Å². The van der Waals surface area contributed by atoms with Crippen molar-refractivity contribution < 1.29 is 31.2 Å². The summed E-state index contributed by atoms with van der Waals surface area (Å²) in [5.41, 5.74) is -1.20. The smallest absolute Gasteiger partial charge is 0.354 e. The predicted octanol–water partition coefficient (Wildman–Crippen LogP) is 6.54. The van der Waals surface area contributed by atoms with E-state index in [4.69, 9.17) is 23.2 Å². The van der Waals surface area contributed by atoms with Crippen molar-refractivity contribution in [1.82, 2.24) is 10.2 Å². The Labute approximate surface area is 253 Å². The first-order valence-electron chi connectivity index (χ1n) is 13.1. The predicted molar refractivity (Wildman–Crippen MR) is 157 cm³/mol. The standard InChI is InChI=1S/C29H30Cl2F3N3O4S/c1-3-16-35-28(39)25(4-2)36(18-20-10-8-9-13-23(20)30)27(38)19-37(42(40,41)22-11-6-5-7-12-22)26-17-21(29(32,33)34)14-15-24(26)31/h5-15,17,25H,3-4,16,18-19H2,1-2H3,(H,35,39)/t25-/m1/s1. The van der Waals surface area contributed by atoms with Gasteiger partial charge < -0.3 is 10.2 Å². The summed E-state index contributed by atoms with van der Waals surface area (Å²) in [6.07, 6.45) is -4.01. The molecule has 0 bridgehead atoms. The molecule has 1 atom stereocenters. The Morgan fingerprint density at radius 3 is 2.17 bits per heavy atom. The van der Waals surface area contributed by atoms with Gasteiger partial charge in [0.25, 0.3) is 10.0 Å². The van der Waals surface area contributed by atoms with Gasteiger partial charge in [-0.3, -0.25) is 13.9 Å². The van der Waals surface area contributed by atoms with Crippen molar-refractivity contribution >= 4 is 50.7 Å². The van der Waals surface area contributed by atoms with E-state index < -0.39 is 51.9 Å². The van der Waals surface area contributed by atoms with Gasteiger partial charge in [0.2, 0.25) is 11.8 Å². The van der Waals surface area contributed by atoms with E-state index in [1.807, 2.05) is 6.92 Å². The van der Waals surface area contributed by atoms with E-state index in [1.54, 1.807) is 37.3 Å². The number of hydrogen-bond donors (Lipinski definition) is 1. The van der Waals surface area contributed by atoms with Gasteiger partial charge in [0, 0.05) is 18.1 Å². The van der Waals surface area contributed by atoms with Gasteiger partial charge in [0.15, 0.2) is 0 Å². The molecule has 0 radical (unpaired) electrons. The van der Waals surface area contributed by atoms with E-state index >= 15 is 0 Å². The Balaban J connectivity index is 2.16. The summed E-state index contributed by atoms with van der Waals surface area (Å²) in [6, 6.07) is 14.8. The largest absolute Gasteiger partial charge is 0.416 e. The van der Waals surface area contributed by atoms with Crippen LogP contribution in [0.2, 0.25) is 10.0 Å². The summed E-state index contributed by atoms with van der Waals surface area (Å²) < 4.78 is 69.2. The second-order valence-corrected chi connectivity index (χ2v) is 12.0. The summed E-state index contributed by atoms with van der Waals surface area (Å²) in [7, 11) is -4.61. The molecule has 1 N–H and O–H groups in total. The Hall–Kier alpha value is -3.28. The van der Waals surface area contributed by atoms with Gasteiger partial charge in [0.1, 0.15) is 12.6 Å². The van der Waals surface area contributed by atoms with Gasteiger partial charge in [-0.2, -0.15) is 13.2 Å². The van der Waals surface area contributed by atoms with Gasteiger partial charge in [0.05, 0.1) is 21.2 Å². The third kappa shape index (κ3) is 7.96. The fourth-order valence-electron chi connectivity index (χ4n) is 4.21. The highest BCUT2D eigenvalue weighted by Crippen LogP contribution is 2.37. The fourth-order valence-corrected chi connectivity index (χ4v) is 6.12. The molecule has 0 aromatic heterocycles. The van der Waals surface area contributed by atoms with Gasteiger partial charge in [-0.05, 0) is 54.8 Å². The van der Waals surface area contributed by atoms with Crippen molar-refractivity contribution in [3.8, 4) is 0 Å². The van der Waals surface area contributed by atoms with E-state index in [9.17, 15) is 31.2 Å². The van der Waals surface area contributed by atoms with Gasteiger partial charge >= 0.3 is 6.18 Å². The van der Waals surface area contributed by atoms with Crippen molar-refractivity contribution in [2.45, 2.75) is 50.3 Å². The zero-order valence-electron chi connectivity index (χ0n) is 22.9. The maximum atomic E-state index is 14.0. The van der Waals surface area contributed by atoms with Crippen LogP contribution in [-0.2, 0) is 32.3 Å². The van der Waals surface area contributed by atoms with Crippen LogP contribution in [-0.4, -0.2) is 44.3 Å². The second-order valence-electron chi connectivity index (χ2n) is 9.32. The highest BCUT2D eigenvalue weighted by Gasteiger charge is 2.37. The molecule has 7 nitrogen and oxygen atoms in total. The van der Waals surface area contributed by atoms with Crippen LogP contribution in [0.1, 0.15) is 37.8 Å². The number of carbonyl (C=O) groups excluding carboxylic acids is 2. The lowest BCUT2D eigenvalue weighted by Gasteiger charge is -2.33. The normalized spacial score (nSPS) is 12.5. The van der Waals surface area contributed by atoms with Crippen LogP contribution in [0.5, 0.6) is 0 Å². The Kier molecular flexibility index (Phi) is 11.3. The molecule has 0 aliphatic heterocycles. The van der Waals surface area contributed by atoms with Gasteiger partial charge in [-0.15, -0.1) is 0 Å². The molecule has 2 amide bonds. The first-order chi connectivity index (χ1) is 19.8. The van der Waals surface area contributed by atoms with Crippen LogP contribution in [0.15, 0.2) is 77.7 Å². The van der Waals surface area contributed by atoms with Crippen LogP contribution >= 0.6 is 23.2 Å². The third-order valence-electron chi connectivity index (χ3n) is 6.39. The number of nitrogens with zero attached hydrogens (tertiary/aromatic N) is 2. The van der Waals surface area contributed by atoms with Crippen LogP contribution in [0.4, 0.5) is 18.9 Å². The van der Waals surface area contributed by atoms with Gasteiger partial charge in [-0.25, -0.2) is 8.42 Å². The molecule has 0 aliphatic carbocycles. The second kappa shape index (κ2) is 14.3. The Morgan fingerprint density at radius 2 is 1.57 bits per heavy atom. The molecule has 0 heterocycles. The molecule has 3 aromatic carbocycles. The first kappa shape index (κ1) is 33.2. The lowest BCUT2D eigenvalue weighted by atomic mass is 10.1. The quantitative estimate of drug-likeness (QED) is 0.243. The molecule has 3 rings (SSSR count). The van der Waals surface area contributed by atoms with E-state index in [-0.39, 0.29) is 22.9 Å². The molecule has 0 spiro atoms. The molecule has 42 heavy (non-hydrogen) atoms. The van der Waals surface area contributed by atoms with Crippen LogP contribution in [0.25, 0.3) is 0 Å². The minimum atomic E-state index is -4.81. The minimum absolute atomic E-state index is 0.161. The van der Waals surface area contributed by atoms with Crippen LogP contribution in [0, 0.1) is 0 Å². The van der Waals surface area contributed by atoms with E-state index in [0.717, 1.165) is 12.1 Å². The third-order valence-corrected chi connectivity index (χ3v) is 8.85. The lowest BCUT2D eigenvalue weighted by molar-refractivity contribution is -0.140. The average molecular weight is 645 g/mol. The molecule has 13 heteroatoms. The summed E-state index contributed by atoms with van der Waals surface area (Å²) in [6.45, 7) is 2.79. The summed E-state index contributed by atoms with van der Waals surface area (Å²) in [5, 5.41) is 2.74. The summed E-state index contributed by atoms with van der Waals surface area (Å²) in [5.74, 6) is -1.31. The lowest BCUT2D eigenvalue weighted by Crippen LogP contribution is -2.52. The number of carbonyl (C=O) groups is 2. The minimum Gasteiger partial charge on any atom is -0.354 e. The van der Waals surface area contributed by atoms with Gasteiger partial charge in [-0.1, -0.05) is 73.4 Å². The van der Waals surface area contributed by atoms with Crippen LogP contribution < -0.4 is 9.62 Å². The molecule has 226 valence electrons. The molecular formula is C29H30Cl2F3N3O4S. The highest BCUT2D eigenvalue weighted by molar-refractivity contribution is 7.92. The molecule has 3 aromatic rings. The number of alkyl halides is 3. The van der Waals surface area contributed by atoms with Crippen molar-refractivity contribution in [2.75, 3.05) is 17.4 Å². The van der Waals surface area contributed by atoms with Crippen molar-refractivity contribution in [1.29, 1.82) is 0 Å². The molecule has 0 saturated heterocycles. The average Bonchev–Trinajstić information content (AvgIpc) is 2.95. The Bertz CT molecular complexity index is 1510. The van der Waals surface area contributed by atoms with E-state index in [0.29, 0.717) is 33.9 Å². The highest BCUT2D eigenvalue weighted by atomic mass is 35.5. The van der Waals surface area contributed by atoms with E-state index in [2.05, 4.69) is 5.32 Å². The number of hydrogen-bond acceptors (Lipinski definition) is 4. The number of nitrogens with one attached hydrogen (secondary N) is 1. The molecular weight excluding hydrogens is 614 g/mol. The number of rotatable bonds is 12. The topological polar surface area (TPSA) is 86.8 Å². The zero-order chi connectivity index (χ0) is 31.1. The Morgan fingerprint density at radius 1 is 0.929 bits per heavy atom. The maximum absolute atomic E-state index is 14.0. The van der Waals surface area contributed by atoms with Crippen LogP contribution in [0.3, 0.4) is 0 Å². The van der Waals surface area contributed by atoms with Crippen molar-refractivity contribution in [2.24, 2.45) is 0 Å². The number of anilines is 1. The summed E-state index contributed by atoms with van der Waals surface area (Å²) >= 11 is 12.6. The molecule has 0 fully saturated rings. The fraction of sp³-hybridized carbons (Fsp3) is 0.310. The summed E-state index contributed by atoms with van der Waals surface area (Å²) in [4.78, 5) is 28.1. The monoisotopic (exact) mass is 643 g/mol. The molecule has 0 saturated carbocycles. The molecule has 0 aliphatic rings. The zero-order valence-corrected chi connectivity index (χ0v) is 25.2. The number of amides is 2. The van der Waals surface area contributed by atoms with E-state index in [1.165, 1.54) is 29.2 Å².